The van der Waals surface area contributed by atoms with E-state index in [1.807, 2.05) is 37.3 Å². The van der Waals surface area contributed by atoms with E-state index in [0.717, 1.165) is 84.7 Å². The molecule has 2 aliphatic carbocycles. The van der Waals surface area contributed by atoms with Crippen molar-refractivity contribution < 1.29 is 8.83 Å². The van der Waals surface area contributed by atoms with Crippen molar-refractivity contribution in [1.29, 1.82) is 0 Å². The molecule has 7 heteroatoms. The molecule has 2 aliphatic rings. The van der Waals surface area contributed by atoms with E-state index in [1.54, 1.807) is 0 Å². The maximum atomic E-state index is 6.55. The number of hydrogen-bond donors (Lipinski definition) is 1. The minimum Gasteiger partial charge on any atom is -0.460 e. The number of aryl methyl sites for hydroxylation is 2. The Labute approximate surface area is 455 Å². The van der Waals surface area contributed by atoms with E-state index in [-0.39, 0.29) is 32.5 Å². The zero-order valence-electron chi connectivity index (χ0n) is 46.3. The van der Waals surface area contributed by atoms with Crippen molar-refractivity contribution in [2.24, 2.45) is 0 Å². The van der Waals surface area contributed by atoms with E-state index in [1.165, 1.54) is 50.8 Å². The standard InChI is InChI=1S/C33H38ClNO.C26H33NO.C7H6BrCl/c1-21-17-23(34)19-26(18-21)35(24-11-9-22(10-12-24)31(2,3)4)25-13-14-28-27(20-25)29-30(36-28)33(7,8)16-15-32(29,5)6;1-24(2,3)17-8-10-18(11-9-17)27-19-12-13-21-20(16-19)22-23(28-21)26(6,7)15-14-25(22,4)5;1-5-2-6(8)4-7(9)3-5/h9-14,17-20H,15-16H2,1-8H3;8-13,16,27H,14-15H2,1-7H3;2-4H,1H3. The van der Waals surface area contributed by atoms with E-state index in [4.69, 9.17) is 32.0 Å². The number of nitrogens with zero attached hydrogens (tertiary/aromatic N) is 1. The van der Waals surface area contributed by atoms with E-state index < -0.39 is 0 Å². The first kappa shape index (κ1) is 54.3. The van der Waals surface area contributed by atoms with Crippen LogP contribution in [0.25, 0.3) is 21.9 Å². The van der Waals surface area contributed by atoms with E-state index in [0.29, 0.717) is 0 Å². The molecule has 0 unspecified atom stereocenters. The van der Waals surface area contributed by atoms with Gasteiger partial charge in [0, 0.05) is 75.7 Å². The molecular weight excluding hydrogens is 1000 g/mol. The molecule has 73 heavy (non-hydrogen) atoms. The third kappa shape index (κ3) is 11.8. The summed E-state index contributed by atoms with van der Waals surface area (Å²) in [5.41, 5.74) is 15.8. The zero-order valence-corrected chi connectivity index (χ0v) is 49.4. The van der Waals surface area contributed by atoms with E-state index in [2.05, 4.69) is 221 Å². The van der Waals surface area contributed by atoms with Gasteiger partial charge in [0.15, 0.2) is 0 Å². The van der Waals surface area contributed by atoms with Gasteiger partial charge in [-0.15, -0.1) is 0 Å². The molecule has 8 aromatic rings. The van der Waals surface area contributed by atoms with Gasteiger partial charge in [-0.05, 0) is 181 Å². The highest BCUT2D eigenvalue weighted by Gasteiger charge is 2.43. The number of nitrogens with one attached hydrogen (secondary N) is 1. The lowest BCUT2D eigenvalue weighted by atomic mass is 9.66. The molecule has 0 aliphatic heterocycles. The molecule has 0 bridgehead atoms. The molecule has 0 saturated carbocycles. The summed E-state index contributed by atoms with van der Waals surface area (Å²) in [4.78, 5) is 2.31. The number of fused-ring (bicyclic) bond motifs is 6. The highest BCUT2D eigenvalue weighted by Crippen LogP contribution is 2.52. The lowest BCUT2D eigenvalue weighted by Gasteiger charge is -2.38. The fourth-order valence-electron chi connectivity index (χ4n) is 10.7. The van der Waals surface area contributed by atoms with Crippen molar-refractivity contribution >= 4 is 89.5 Å². The maximum Gasteiger partial charge on any atom is 0.134 e. The first-order valence-corrected chi connectivity index (χ1v) is 27.6. The summed E-state index contributed by atoms with van der Waals surface area (Å²) in [6, 6.07) is 42.9. The summed E-state index contributed by atoms with van der Waals surface area (Å²) in [7, 11) is 0. The zero-order chi connectivity index (χ0) is 53.2. The maximum absolute atomic E-state index is 6.55. The summed E-state index contributed by atoms with van der Waals surface area (Å²) in [6.45, 7) is 36.2. The smallest absolute Gasteiger partial charge is 0.134 e. The number of anilines is 5. The van der Waals surface area contributed by atoms with Gasteiger partial charge < -0.3 is 19.1 Å². The molecule has 2 heterocycles. The minimum atomic E-state index is 0.0383. The van der Waals surface area contributed by atoms with Crippen LogP contribution in [0.4, 0.5) is 28.4 Å². The molecule has 2 aromatic heterocycles. The van der Waals surface area contributed by atoms with E-state index in [9.17, 15) is 0 Å². The highest BCUT2D eigenvalue weighted by molar-refractivity contribution is 9.10. The van der Waals surface area contributed by atoms with Crippen LogP contribution in [0.2, 0.25) is 10.0 Å². The Kier molecular flexibility index (Phi) is 14.9. The van der Waals surface area contributed by atoms with Crippen LogP contribution < -0.4 is 10.2 Å². The lowest BCUT2D eigenvalue weighted by Crippen LogP contribution is -2.32. The lowest BCUT2D eigenvalue weighted by molar-refractivity contribution is 0.284. The van der Waals surface area contributed by atoms with Crippen LogP contribution >= 0.6 is 39.1 Å². The molecule has 0 amide bonds. The van der Waals surface area contributed by atoms with Gasteiger partial charge in [-0.2, -0.15) is 0 Å². The topological polar surface area (TPSA) is 41.6 Å². The fourth-order valence-corrected chi connectivity index (χ4v) is 12.1. The van der Waals surface area contributed by atoms with Crippen molar-refractivity contribution in [1.82, 2.24) is 0 Å². The van der Waals surface area contributed by atoms with Crippen LogP contribution in [0.3, 0.4) is 0 Å². The molecule has 6 aromatic carbocycles. The average Bonchev–Trinajstić information content (AvgIpc) is 3.89. The Morgan fingerprint density at radius 1 is 0.466 bits per heavy atom. The van der Waals surface area contributed by atoms with Crippen LogP contribution in [0.1, 0.15) is 168 Å². The van der Waals surface area contributed by atoms with Gasteiger partial charge in [0.05, 0.1) is 0 Å². The molecule has 1 N–H and O–H groups in total. The van der Waals surface area contributed by atoms with Gasteiger partial charge in [0.25, 0.3) is 0 Å². The van der Waals surface area contributed by atoms with Crippen LogP contribution in [-0.2, 0) is 32.5 Å². The SMILES string of the molecule is CC(C)(C)c1ccc(Nc2ccc3oc4c(c3c2)C(C)(C)CCC4(C)C)cc1.Cc1cc(Cl)cc(Br)c1.Cc1cc(Cl)cc(N(c2ccc(C(C)(C)C)cc2)c2ccc3oc4c(c3c2)C(C)(C)CCC4(C)C)c1. The fraction of sp³-hybridized carbons (Fsp3) is 0.394. The summed E-state index contributed by atoms with van der Waals surface area (Å²) in [6.07, 6.45) is 4.64. The van der Waals surface area contributed by atoms with Crippen molar-refractivity contribution in [2.75, 3.05) is 10.2 Å². The van der Waals surface area contributed by atoms with Crippen LogP contribution in [0.15, 0.2) is 135 Å². The molecule has 0 saturated heterocycles. The van der Waals surface area contributed by atoms with Gasteiger partial charge in [0.2, 0.25) is 0 Å². The largest absolute Gasteiger partial charge is 0.460 e. The Morgan fingerprint density at radius 3 is 1.37 bits per heavy atom. The summed E-state index contributed by atoms with van der Waals surface area (Å²) >= 11 is 15.6. The van der Waals surface area contributed by atoms with Crippen molar-refractivity contribution in [2.45, 2.75) is 169 Å². The van der Waals surface area contributed by atoms with Gasteiger partial charge >= 0.3 is 0 Å². The van der Waals surface area contributed by atoms with Gasteiger partial charge in [-0.3, -0.25) is 0 Å². The Balaban J connectivity index is 0.000000170. The monoisotopic (exact) mass is 1080 g/mol. The van der Waals surface area contributed by atoms with Crippen molar-refractivity contribution in [3.63, 3.8) is 0 Å². The number of hydrogen-bond acceptors (Lipinski definition) is 4. The second kappa shape index (κ2) is 20.0. The predicted octanol–water partition coefficient (Wildman–Crippen LogP) is 21.7. The molecule has 0 spiro atoms. The average molecular weight is 1080 g/mol. The third-order valence-electron chi connectivity index (χ3n) is 15.3. The molecule has 0 radical (unpaired) electrons. The van der Waals surface area contributed by atoms with Gasteiger partial charge in [-0.25, -0.2) is 0 Å². The molecule has 0 atom stereocenters. The van der Waals surface area contributed by atoms with Crippen LogP contribution in [-0.4, -0.2) is 0 Å². The quantitative estimate of drug-likeness (QED) is 0.186. The number of rotatable bonds is 5. The first-order valence-electron chi connectivity index (χ1n) is 26.1. The molecule has 4 nitrogen and oxygen atoms in total. The van der Waals surface area contributed by atoms with Crippen LogP contribution in [0, 0.1) is 13.8 Å². The summed E-state index contributed by atoms with van der Waals surface area (Å²) in [5.74, 6) is 2.32. The molecule has 10 rings (SSSR count). The second-order valence-corrected chi connectivity index (χ2v) is 27.3. The van der Waals surface area contributed by atoms with Crippen molar-refractivity contribution in [3.8, 4) is 0 Å². The third-order valence-corrected chi connectivity index (χ3v) is 16.2. The predicted molar refractivity (Wildman–Crippen MR) is 318 cm³/mol. The molecule has 384 valence electrons. The summed E-state index contributed by atoms with van der Waals surface area (Å²) < 4.78 is 13.9. The van der Waals surface area contributed by atoms with Crippen molar-refractivity contribution in [3.05, 3.63) is 181 Å². The Morgan fingerprint density at radius 2 is 0.890 bits per heavy atom. The minimum absolute atomic E-state index is 0.0383. The van der Waals surface area contributed by atoms with E-state index >= 15 is 0 Å². The Bertz CT molecular complexity index is 3210. The number of furan rings is 2. The molecular formula is C66H77BrCl2N2O2. The van der Waals surface area contributed by atoms with Crippen LogP contribution in [0.5, 0.6) is 0 Å². The first-order chi connectivity index (χ1) is 33.9. The molecule has 0 fully saturated rings. The Hall–Kier alpha value is -4.94. The van der Waals surface area contributed by atoms with Gasteiger partial charge in [0.1, 0.15) is 22.7 Å². The normalized spacial score (nSPS) is 16.4. The number of halogens is 3. The van der Waals surface area contributed by atoms with Gasteiger partial charge in [-0.1, -0.05) is 160 Å². The number of benzene rings is 6. The summed E-state index contributed by atoms with van der Waals surface area (Å²) in [5, 5.41) is 7.57. The second-order valence-electron chi connectivity index (χ2n) is 25.6. The highest BCUT2D eigenvalue weighted by atomic mass is 79.9.